The van der Waals surface area contributed by atoms with Crippen LogP contribution in [0, 0.1) is 0 Å². The van der Waals surface area contributed by atoms with Gasteiger partial charge in [-0.2, -0.15) is 0 Å². The Labute approximate surface area is 235 Å². The third-order valence-electron chi connectivity index (χ3n) is 7.17. The number of benzene rings is 4. The molecule has 204 valence electrons. The smallest absolute Gasteiger partial charge is 0.335 e. The number of rotatable bonds is 8. The van der Waals surface area contributed by atoms with Crippen LogP contribution in [0.3, 0.4) is 0 Å². The van der Waals surface area contributed by atoms with Crippen molar-refractivity contribution in [3.8, 4) is 11.5 Å². The van der Waals surface area contributed by atoms with Crippen LogP contribution in [0.25, 0.3) is 11.0 Å². The molecule has 0 saturated carbocycles. The minimum absolute atomic E-state index is 0.115. The number of para-hydroxylation sites is 1. The number of anilines is 1. The van der Waals surface area contributed by atoms with Gasteiger partial charge in [-0.05, 0) is 60.2 Å². The van der Waals surface area contributed by atoms with E-state index < -0.39 is 18.0 Å². The topological polar surface area (TPSA) is 105 Å². The molecule has 3 amide bonds. The highest BCUT2D eigenvalue weighted by molar-refractivity contribution is 6.12. The molecule has 4 aromatic carbocycles. The van der Waals surface area contributed by atoms with Crippen molar-refractivity contribution >= 4 is 34.6 Å². The summed E-state index contributed by atoms with van der Waals surface area (Å²) in [5.74, 6) is 0.397. The highest BCUT2D eigenvalue weighted by atomic mass is 16.5. The molecule has 2 heterocycles. The average molecular weight is 547 g/mol. The summed E-state index contributed by atoms with van der Waals surface area (Å²) in [5, 5.41) is 9.48. The summed E-state index contributed by atoms with van der Waals surface area (Å²) in [6.07, 6.45) is 0.346. The highest BCUT2D eigenvalue weighted by Crippen LogP contribution is 2.34. The number of carboxylic acid groups (broad SMARTS) is 1. The van der Waals surface area contributed by atoms with Crippen LogP contribution in [0.4, 0.5) is 10.5 Å². The van der Waals surface area contributed by atoms with Crippen LogP contribution >= 0.6 is 0 Å². The molecule has 1 N–H and O–H groups in total. The van der Waals surface area contributed by atoms with Crippen LogP contribution < -0.4 is 9.64 Å². The van der Waals surface area contributed by atoms with Crippen LogP contribution in [0.1, 0.15) is 27.8 Å². The molecule has 5 aromatic rings. The van der Waals surface area contributed by atoms with E-state index in [2.05, 4.69) is 0 Å². The Morgan fingerprint density at radius 2 is 1.56 bits per heavy atom. The summed E-state index contributed by atoms with van der Waals surface area (Å²) in [7, 11) is 1.77. The van der Waals surface area contributed by atoms with Crippen molar-refractivity contribution in [1.29, 1.82) is 0 Å². The maximum Gasteiger partial charge on any atom is 0.335 e. The normalized spacial score (nSPS) is 14.1. The first-order valence-electron chi connectivity index (χ1n) is 13.1. The first-order chi connectivity index (χ1) is 19.9. The van der Waals surface area contributed by atoms with Crippen molar-refractivity contribution in [2.75, 3.05) is 11.4 Å². The van der Waals surface area contributed by atoms with E-state index in [1.54, 1.807) is 48.0 Å². The minimum atomic E-state index is -1.05. The molecule has 1 aliphatic heterocycles. The zero-order chi connectivity index (χ0) is 28.5. The molecule has 6 rings (SSSR count). The number of aromatic carboxylic acids is 1. The third kappa shape index (κ3) is 5.00. The van der Waals surface area contributed by atoms with Crippen LogP contribution in [0.15, 0.2) is 103 Å². The molecule has 0 radical (unpaired) electrons. The highest BCUT2D eigenvalue weighted by Gasteiger charge is 2.43. The van der Waals surface area contributed by atoms with E-state index in [1.165, 1.54) is 15.9 Å². The molecule has 9 nitrogen and oxygen atoms in total. The lowest BCUT2D eigenvalue weighted by Gasteiger charge is -2.26. The van der Waals surface area contributed by atoms with Crippen molar-refractivity contribution in [3.05, 3.63) is 120 Å². The van der Waals surface area contributed by atoms with E-state index in [0.29, 0.717) is 40.5 Å². The summed E-state index contributed by atoms with van der Waals surface area (Å²) in [4.78, 5) is 46.4. The fourth-order valence-electron chi connectivity index (χ4n) is 5.12. The Bertz CT molecular complexity index is 1750. The fourth-order valence-corrected chi connectivity index (χ4v) is 5.12. The Morgan fingerprint density at radius 1 is 0.902 bits per heavy atom. The van der Waals surface area contributed by atoms with Crippen molar-refractivity contribution in [1.82, 2.24) is 14.5 Å². The van der Waals surface area contributed by atoms with Gasteiger partial charge in [0.2, 0.25) is 0 Å². The van der Waals surface area contributed by atoms with Crippen LogP contribution in [0.2, 0.25) is 0 Å². The molecule has 1 fully saturated rings. The summed E-state index contributed by atoms with van der Waals surface area (Å²) in [6.45, 7) is -0.115. The summed E-state index contributed by atoms with van der Waals surface area (Å²) in [6, 6.07) is 29.5. The van der Waals surface area contributed by atoms with Crippen molar-refractivity contribution < 1.29 is 24.2 Å². The van der Waals surface area contributed by atoms with E-state index in [1.807, 2.05) is 60.7 Å². The second-order valence-electron chi connectivity index (χ2n) is 9.78. The lowest BCUT2D eigenvalue weighted by atomic mass is 10.0. The largest absolute Gasteiger partial charge is 0.478 e. The molecule has 1 saturated heterocycles. The number of hydrogen-bond donors (Lipinski definition) is 1. The Hall–Kier alpha value is -5.44. The minimum Gasteiger partial charge on any atom is -0.478 e. The number of aromatic nitrogens is 2. The number of carboxylic acids is 1. The number of carbonyl (C=O) groups excluding carboxylic acids is 2. The van der Waals surface area contributed by atoms with E-state index in [4.69, 9.17) is 9.72 Å². The van der Waals surface area contributed by atoms with Gasteiger partial charge in [0.15, 0.2) is 0 Å². The second-order valence-corrected chi connectivity index (χ2v) is 9.78. The molecule has 0 bridgehead atoms. The van der Waals surface area contributed by atoms with Gasteiger partial charge in [-0.15, -0.1) is 0 Å². The first-order valence-corrected chi connectivity index (χ1v) is 13.1. The van der Waals surface area contributed by atoms with Crippen molar-refractivity contribution in [2.24, 2.45) is 7.05 Å². The van der Waals surface area contributed by atoms with Gasteiger partial charge in [0.1, 0.15) is 29.9 Å². The zero-order valence-corrected chi connectivity index (χ0v) is 22.2. The Morgan fingerprint density at radius 3 is 2.24 bits per heavy atom. The second kappa shape index (κ2) is 10.6. The van der Waals surface area contributed by atoms with Gasteiger partial charge in [-0.3, -0.25) is 14.6 Å². The van der Waals surface area contributed by atoms with Crippen LogP contribution in [0.5, 0.6) is 11.5 Å². The maximum absolute atomic E-state index is 13.9. The predicted octanol–water partition coefficient (Wildman–Crippen LogP) is 5.82. The van der Waals surface area contributed by atoms with Crippen LogP contribution in [-0.2, 0) is 18.3 Å². The molecule has 1 aliphatic rings. The SMILES string of the molecule is Cn1c([C@H](Cc2ccccc2)N2C(=O)CN(c3ccc(Oc4ccccc4)cc3)C2=O)nc2ccc(C(=O)O)cc21. The molecular weight excluding hydrogens is 520 g/mol. The number of aryl methyl sites for hydroxylation is 1. The monoisotopic (exact) mass is 546 g/mol. The van der Waals surface area contributed by atoms with Crippen LogP contribution in [-0.4, -0.2) is 44.0 Å². The number of hydrogen-bond acceptors (Lipinski definition) is 5. The van der Waals surface area contributed by atoms with Gasteiger partial charge in [0, 0.05) is 19.2 Å². The standard InChI is InChI=1S/C32H26N4O5/c1-34-27-19-22(31(38)39)12-17-26(27)33-30(34)28(18-21-8-4-2-5-9-21)36-29(37)20-35(32(36)40)23-13-15-25(16-14-23)41-24-10-6-3-7-11-24/h2-17,19,28H,18,20H2,1H3,(H,38,39)/t28-/m0/s1. The summed E-state index contributed by atoms with van der Waals surface area (Å²) < 4.78 is 7.62. The number of urea groups is 1. The molecule has 9 heteroatoms. The van der Waals surface area contributed by atoms with Gasteiger partial charge in [-0.25, -0.2) is 14.6 Å². The summed E-state index contributed by atoms with van der Waals surface area (Å²) in [5.41, 5.74) is 2.81. The van der Waals surface area contributed by atoms with E-state index >= 15 is 0 Å². The van der Waals surface area contributed by atoms with Gasteiger partial charge >= 0.3 is 12.0 Å². The Balaban J connectivity index is 1.33. The van der Waals surface area contributed by atoms with E-state index in [9.17, 15) is 19.5 Å². The van der Waals surface area contributed by atoms with Gasteiger partial charge in [0.05, 0.1) is 16.6 Å². The zero-order valence-electron chi connectivity index (χ0n) is 22.2. The first kappa shape index (κ1) is 25.8. The van der Waals surface area contributed by atoms with Gasteiger partial charge in [0.25, 0.3) is 5.91 Å². The van der Waals surface area contributed by atoms with E-state index in [-0.39, 0.29) is 18.0 Å². The van der Waals surface area contributed by atoms with E-state index in [0.717, 1.165) is 5.56 Å². The number of carbonyl (C=O) groups is 3. The lowest BCUT2D eigenvalue weighted by Crippen LogP contribution is -2.38. The van der Waals surface area contributed by atoms with Gasteiger partial charge in [-0.1, -0.05) is 48.5 Å². The molecule has 0 spiro atoms. The number of imide groups is 1. The quantitative estimate of drug-likeness (QED) is 0.246. The van der Waals surface area contributed by atoms with Crippen molar-refractivity contribution in [2.45, 2.75) is 12.5 Å². The van der Waals surface area contributed by atoms with Gasteiger partial charge < -0.3 is 14.4 Å². The maximum atomic E-state index is 13.9. The Kier molecular flexibility index (Phi) is 6.68. The molecule has 1 aromatic heterocycles. The molecule has 41 heavy (non-hydrogen) atoms. The third-order valence-corrected chi connectivity index (χ3v) is 7.17. The molecule has 1 atom stereocenters. The summed E-state index contributed by atoms with van der Waals surface area (Å²) >= 11 is 0. The number of nitrogens with zero attached hydrogens (tertiary/aromatic N) is 4. The van der Waals surface area contributed by atoms with Crippen molar-refractivity contribution in [3.63, 3.8) is 0 Å². The number of fused-ring (bicyclic) bond motifs is 1. The average Bonchev–Trinajstić information content (AvgIpc) is 3.48. The predicted molar refractivity (Wildman–Crippen MR) is 153 cm³/mol. The molecule has 0 aliphatic carbocycles. The molecule has 0 unspecified atom stereocenters. The number of imidazole rings is 1. The number of amides is 3. The number of ether oxygens (including phenoxy) is 1. The fraction of sp³-hybridized carbons (Fsp3) is 0.125. The molecular formula is C32H26N4O5. The lowest BCUT2D eigenvalue weighted by molar-refractivity contribution is -0.126.